The van der Waals surface area contributed by atoms with Crippen LogP contribution in [0.15, 0.2) is 24.3 Å². The number of carbonyl (C=O) groups excluding carboxylic acids is 2. The van der Waals surface area contributed by atoms with Gasteiger partial charge in [-0.15, -0.1) is 0 Å². The van der Waals surface area contributed by atoms with Crippen LogP contribution in [-0.2, 0) is 4.79 Å². The van der Waals surface area contributed by atoms with Crippen LogP contribution in [0.3, 0.4) is 0 Å². The highest BCUT2D eigenvalue weighted by molar-refractivity contribution is 5.97. The molecule has 0 heterocycles. The summed E-state index contributed by atoms with van der Waals surface area (Å²) in [4.78, 5) is 26.7. The summed E-state index contributed by atoms with van der Waals surface area (Å²) in [5.41, 5.74) is 1.70. The lowest BCUT2D eigenvalue weighted by Crippen LogP contribution is -2.51. The molecule has 1 aromatic rings. The minimum atomic E-state index is -0.113. The van der Waals surface area contributed by atoms with E-state index in [1.807, 2.05) is 13.0 Å². The van der Waals surface area contributed by atoms with Gasteiger partial charge in [-0.05, 0) is 93.9 Å². The van der Waals surface area contributed by atoms with Gasteiger partial charge in [-0.1, -0.05) is 6.07 Å². The summed E-state index contributed by atoms with van der Waals surface area (Å²) in [6.07, 6.45) is 8.43. The van der Waals surface area contributed by atoms with Crippen LogP contribution in [0.4, 0.5) is 5.69 Å². The van der Waals surface area contributed by atoms with Gasteiger partial charge in [0.25, 0.3) is 5.91 Å². The predicted octanol–water partition coefficient (Wildman–Crippen LogP) is 3.52. The number of hydrogen-bond acceptors (Lipinski definition) is 3. The lowest BCUT2D eigenvalue weighted by atomic mass is 9.49. The van der Waals surface area contributed by atoms with Crippen molar-refractivity contribution in [2.24, 2.45) is 23.2 Å². The van der Waals surface area contributed by atoms with Gasteiger partial charge in [0.2, 0.25) is 5.91 Å². The van der Waals surface area contributed by atoms with E-state index in [0.717, 1.165) is 24.3 Å². The minimum absolute atomic E-state index is 0.0136. The van der Waals surface area contributed by atoms with Crippen LogP contribution in [0.5, 0.6) is 0 Å². The van der Waals surface area contributed by atoms with E-state index in [4.69, 9.17) is 0 Å². The molecule has 4 aliphatic rings. The first-order valence-corrected chi connectivity index (χ1v) is 10.8. The number of anilines is 1. The van der Waals surface area contributed by atoms with Gasteiger partial charge in [0, 0.05) is 24.3 Å². The molecule has 0 atom stereocenters. The molecule has 0 saturated heterocycles. The maximum absolute atomic E-state index is 12.6. The van der Waals surface area contributed by atoms with Crippen LogP contribution in [0.25, 0.3) is 0 Å². The number of nitrogens with one attached hydrogen (secondary N) is 2. The molecule has 4 bridgehead atoms. The van der Waals surface area contributed by atoms with E-state index < -0.39 is 0 Å². The zero-order chi connectivity index (χ0) is 19.7. The third-order valence-electron chi connectivity index (χ3n) is 6.93. The van der Waals surface area contributed by atoms with Gasteiger partial charge in [-0.3, -0.25) is 14.5 Å². The molecule has 152 valence electrons. The molecule has 0 aliphatic heterocycles. The number of hydrogen-bond donors (Lipinski definition) is 2. The van der Waals surface area contributed by atoms with Crippen molar-refractivity contribution in [3.63, 3.8) is 0 Å². The molecule has 0 unspecified atom stereocenters. The number of likely N-dealkylation sites (N-methyl/N-ethyl adjacent to an activating group) is 1. The molecular weight excluding hydrogens is 350 g/mol. The van der Waals surface area contributed by atoms with E-state index in [-0.39, 0.29) is 11.8 Å². The molecular formula is C23H33N3O2. The average Bonchev–Trinajstić information content (AvgIpc) is 2.60. The van der Waals surface area contributed by atoms with Crippen LogP contribution in [-0.4, -0.2) is 43.4 Å². The normalized spacial score (nSPS) is 30.5. The first-order chi connectivity index (χ1) is 13.4. The Morgan fingerprint density at radius 2 is 1.75 bits per heavy atom. The van der Waals surface area contributed by atoms with E-state index in [1.54, 1.807) is 18.2 Å². The zero-order valence-electron chi connectivity index (χ0n) is 17.2. The molecule has 28 heavy (non-hydrogen) atoms. The van der Waals surface area contributed by atoms with Gasteiger partial charge >= 0.3 is 0 Å². The Kier molecular flexibility index (Phi) is 5.46. The summed E-state index contributed by atoms with van der Waals surface area (Å²) in [6, 6.07) is 7.14. The van der Waals surface area contributed by atoms with Crippen LogP contribution in [0, 0.1) is 23.2 Å². The average molecular weight is 384 g/mol. The van der Waals surface area contributed by atoms with E-state index in [2.05, 4.69) is 22.6 Å². The van der Waals surface area contributed by atoms with Crippen molar-refractivity contribution < 1.29 is 9.59 Å². The number of benzene rings is 1. The first kappa shape index (κ1) is 19.4. The van der Waals surface area contributed by atoms with Crippen molar-refractivity contribution >= 4 is 17.5 Å². The largest absolute Gasteiger partial charge is 0.352 e. The first-order valence-electron chi connectivity index (χ1n) is 10.8. The summed E-state index contributed by atoms with van der Waals surface area (Å²) in [6.45, 7) is 3.91. The fourth-order valence-electron chi connectivity index (χ4n) is 6.56. The number of nitrogens with zero attached hydrogens (tertiary/aromatic N) is 1. The van der Waals surface area contributed by atoms with Gasteiger partial charge in [-0.2, -0.15) is 0 Å². The molecule has 5 nitrogen and oxygen atoms in total. The molecule has 4 fully saturated rings. The SMILES string of the molecule is CCNC(=O)c1cccc(NC(=O)CN(C)CC23CC4CC(CC(C4)C2)C3)c1. The molecule has 2 amide bonds. The van der Waals surface area contributed by atoms with Crippen molar-refractivity contribution in [1.29, 1.82) is 0 Å². The Morgan fingerprint density at radius 3 is 2.36 bits per heavy atom. The molecule has 0 radical (unpaired) electrons. The fraction of sp³-hybridized carbons (Fsp3) is 0.652. The van der Waals surface area contributed by atoms with Gasteiger partial charge < -0.3 is 10.6 Å². The molecule has 1 aromatic carbocycles. The third kappa shape index (κ3) is 4.24. The summed E-state index contributed by atoms with van der Waals surface area (Å²) in [5.74, 6) is 2.68. The highest BCUT2D eigenvalue weighted by atomic mass is 16.2. The summed E-state index contributed by atoms with van der Waals surface area (Å²) >= 11 is 0. The number of amides is 2. The molecule has 4 saturated carbocycles. The lowest BCUT2D eigenvalue weighted by molar-refractivity contribution is -0.118. The highest BCUT2D eigenvalue weighted by Gasteiger charge is 2.51. The van der Waals surface area contributed by atoms with Crippen molar-refractivity contribution in [3.05, 3.63) is 29.8 Å². The molecule has 5 rings (SSSR count). The molecule has 4 aliphatic carbocycles. The van der Waals surface area contributed by atoms with Crippen LogP contribution in [0.2, 0.25) is 0 Å². The van der Waals surface area contributed by atoms with Gasteiger partial charge in [0.1, 0.15) is 0 Å². The molecule has 0 spiro atoms. The second-order valence-corrected chi connectivity index (χ2v) is 9.58. The fourth-order valence-corrected chi connectivity index (χ4v) is 6.56. The Morgan fingerprint density at radius 1 is 1.11 bits per heavy atom. The van der Waals surface area contributed by atoms with Gasteiger partial charge in [0.05, 0.1) is 6.54 Å². The van der Waals surface area contributed by atoms with E-state index in [0.29, 0.717) is 29.8 Å². The second kappa shape index (κ2) is 7.86. The number of carbonyl (C=O) groups is 2. The van der Waals surface area contributed by atoms with Crippen LogP contribution in [0.1, 0.15) is 55.8 Å². The Bertz CT molecular complexity index is 710. The van der Waals surface area contributed by atoms with Crippen molar-refractivity contribution in [1.82, 2.24) is 10.2 Å². The highest BCUT2D eigenvalue weighted by Crippen LogP contribution is 2.60. The van der Waals surface area contributed by atoms with Gasteiger partial charge in [0.15, 0.2) is 0 Å². The van der Waals surface area contributed by atoms with Crippen LogP contribution >= 0.6 is 0 Å². The maximum Gasteiger partial charge on any atom is 0.251 e. The molecule has 2 N–H and O–H groups in total. The molecule has 5 heteroatoms. The minimum Gasteiger partial charge on any atom is -0.352 e. The Hall–Kier alpha value is -1.88. The standard InChI is InChI=1S/C23H33N3O2/c1-3-24-22(28)19-5-4-6-20(10-19)25-21(27)14-26(2)15-23-11-16-7-17(12-23)9-18(8-16)13-23/h4-6,10,16-18H,3,7-9,11-15H2,1-2H3,(H,24,28)(H,25,27). The smallest absolute Gasteiger partial charge is 0.251 e. The van der Waals surface area contributed by atoms with E-state index >= 15 is 0 Å². The van der Waals surface area contributed by atoms with Crippen molar-refractivity contribution in [2.45, 2.75) is 45.4 Å². The van der Waals surface area contributed by atoms with Gasteiger partial charge in [-0.25, -0.2) is 0 Å². The Labute approximate surface area is 168 Å². The summed E-state index contributed by atoms with van der Waals surface area (Å²) in [5, 5.41) is 5.74. The molecule has 0 aromatic heterocycles. The summed E-state index contributed by atoms with van der Waals surface area (Å²) < 4.78 is 0. The third-order valence-corrected chi connectivity index (χ3v) is 6.93. The summed E-state index contributed by atoms with van der Waals surface area (Å²) in [7, 11) is 2.07. The van der Waals surface area contributed by atoms with E-state index in [9.17, 15) is 9.59 Å². The predicted molar refractivity (Wildman–Crippen MR) is 111 cm³/mol. The Balaban J connectivity index is 1.32. The number of rotatable bonds is 7. The van der Waals surface area contributed by atoms with Crippen LogP contribution < -0.4 is 10.6 Å². The van der Waals surface area contributed by atoms with Crippen molar-refractivity contribution in [2.75, 3.05) is 32.0 Å². The lowest BCUT2D eigenvalue weighted by Gasteiger charge is -2.57. The maximum atomic E-state index is 12.6. The van der Waals surface area contributed by atoms with E-state index in [1.165, 1.54) is 38.5 Å². The quantitative estimate of drug-likeness (QED) is 0.757. The van der Waals surface area contributed by atoms with Crippen molar-refractivity contribution in [3.8, 4) is 0 Å². The second-order valence-electron chi connectivity index (χ2n) is 9.58. The topological polar surface area (TPSA) is 61.4 Å². The zero-order valence-corrected chi connectivity index (χ0v) is 17.2. The monoisotopic (exact) mass is 383 g/mol.